The van der Waals surface area contributed by atoms with Gasteiger partial charge in [-0.2, -0.15) is 0 Å². The van der Waals surface area contributed by atoms with Gasteiger partial charge in [-0.3, -0.25) is 14.4 Å². The van der Waals surface area contributed by atoms with Gasteiger partial charge in [0.1, 0.15) is 5.75 Å². The first-order valence-electron chi connectivity index (χ1n) is 13.3. The van der Waals surface area contributed by atoms with Crippen LogP contribution in [0.3, 0.4) is 0 Å². The summed E-state index contributed by atoms with van der Waals surface area (Å²) in [6.45, 7) is 5.13. The molecule has 1 aromatic carbocycles. The number of allylic oxidation sites excluding steroid dienone is 2. The lowest BCUT2D eigenvalue weighted by Crippen LogP contribution is -2.35. The van der Waals surface area contributed by atoms with E-state index in [2.05, 4.69) is 29.7 Å². The van der Waals surface area contributed by atoms with Crippen molar-refractivity contribution in [3.05, 3.63) is 53.6 Å². The fourth-order valence-electron chi connectivity index (χ4n) is 5.17. The molecule has 3 aliphatic carbocycles. The van der Waals surface area contributed by atoms with Crippen molar-refractivity contribution in [2.75, 3.05) is 19.7 Å². The van der Waals surface area contributed by atoms with Crippen LogP contribution in [0.5, 0.6) is 5.75 Å². The summed E-state index contributed by atoms with van der Waals surface area (Å²) >= 11 is 0. The van der Waals surface area contributed by atoms with Crippen LogP contribution in [-0.2, 0) is 14.3 Å². The lowest BCUT2D eigenvalue weighted by molar-refractivity contribution is -0.149. The fourth-order valence-corrected chi connectivity index (χ4v) is 5.17. The number of carbonyl (C=O) groups is 3. The Morgan fingerprint density at radius 3 is 2.19 bits per heavy atom. The standard InChI is InChI=1S/C29H38N2O5/c1-3-35-29(34)22-8-13-25(14-9-22)36-24-11-6-21(7-12-24)27(32)30-16-17-31-28(33)23-10-15-26(19(2)18-23)20-4-5-20/h6-7,10-12,15,18-20,22,25-26H,3-5,8-9,13-14,16-17H2,1-2H3,(H,30,32)(H,31,33). The SMILES string of the molecule is CCOC(=O)C1CCC(Oc2ccc(C(=O)NCCNC(=O)C3=CC(C)C(C4CC4)C=C3)cc2)CC1. The van der Waals surface area contributed by atoms with Crippen molar-refractivity contribution in [3.8, 4) is 5.75 Å². The first-order chi connectivity index (χ1) is 17.4. The fraction of sp³-hybridized carbons (Fsp3) is 0.552. The van der Waals surface area contributed by atoms with Gasteiger partial charge in [-0.25, -0.2) is 0 Å². The molecule has 0 saturated heterocycles. The summed E-state index contributed by atoms with van der Waals surface area (Å²) in [5.74, 6) is 2.02. The van der Waals surface area contributed by atoms with Crippen LogP contribution in [0.2, 0.25) is 0 Å². The highest BCUT2D eigenvalue weighted by Gasteiger charge is 2.34. The minimum Gasteiger partial charge on any atom is -0.490 e. The highest BCUT2D eigenvalue weighted by molar-refractivity contribution is 5.96. The summed E-state index contributed by atoms with van der Waals surface area (Å²) < 4.78 is 11.2. The van der Waals surface area contributed by atoms with Gasteiger partial charge in [0.15, 0.2) is 0 Å². The van der Waals surface area contributed by atoms with Gasteiger partial charge in [-0.05, 0) is 87.5 Å². The summed E-state index contributed by atoms with van der Waals surface area (Å²) in [5, 5.41) is 5.74. The minimum atomic E-state index is -0.191. The number of carbonyl (C=O) groups excluding carboxylic acids is 3. The Labute approximate surface area is 213 Å². The highest BCUT2D eigenvalue weighted by atomic mass is 16.5. The number of esters is 1. The second kappa shape index (κ2) is 12.2. The number of benzene rings is 1. The molecule has 1 aromatic rings. The Balaban J connectivity index is 1.14. The summed E-state index contributed by atoms with van der Waals surface area (Å²) in [6, 6.07) is 7.07. The minimum absolute atomic E-state index is 0.0280. The highest BCUT2D eigenvalue weighted by Crippen LogP contribution is 2.43. The number of ether oxygens (including phenoxy) is 2. The zero-order valence-electron chi connectivity index (χ0n) is 21.3. The molecule has 36 heavy (non-hydrogen) atoms. The van der Waals surface area contributed by atoms with Crippen molar-refractivity contribution in [2.24, 2.45) is 23.7 Å². The average molecular weight is 495 g/mol. The van der Waals surface area contributed by atoms with Crippen molar-refractivity contribution < 1.29 is 23.9 Å². The maximum absolute atomic E-state index is 12.5. The topological polar surface area (TPSA) is 93.7 Å². The average Bonchev–Trinajstić information content (AvgIpc) is 3.73. The number of hydrogen-bond donors (Lipinski definition) is 2. The molecule has 0 spiro atoms. The zero-order valence-corrected chi connectivity index (χ0v) is 21.3. The van der Waals surface area contributed by atoms with Crippen molar-refractivity contribution in [3.63, 3.8) is 0 Å². The summed E-state index contributed by atoms with van der Waals surface area (Å²) in [4.78, 5) is 36.8. The molecule has 7 heteroatoms. The van der Waals surface area contributed by atoms with Crippen LogP contribution in [0.15, 0.2) is 48.1 Å². The van der Waals surface area contributed by atoms with E-state index in [9.17, 15) is 14.4 Å². The maximum atomic E-state index is 12.5. The summed E-state index contributed by atoms with van der Waals surface area (Å²) in [6.07, 6.45) is 12.0. The molecule has 2 saturated carbocycles. The Bertz CT molecular complexity index is 987. The van der Waals surface area contributed by atoms with Crippen LogP contribution in [0.4, 0.5) is 0 Å². The van der Waals surface area contributed by atoms with Gasteiger partial charge in [0.05, 0.1) is 18.6 Å². The lowest BCUT2D eigenvalue weighted by atomic mass is 9.83. The number of rotatable bonds is 10. The molecule has 3 aliphatic rings. The van der Waals surface area contributed by atoms with E-state index in [0.717, 1.165) is 31.6 Å². The number of nitrogens with one attached hydrogen (secondary N) is 2. The Morgan fingerprint density at radius 2 is 1.58 bits per heavy atom. The van der Waals surface area contributed by atoms with Crippen molar-refractivity contribution in [1.29, 1.82) is 0 Å². The molecule has 0 aliphatic heterocycles. The molecule has 0 radical (unpaired) electrons. The van der Waals surface area contributed by atoms with E-state index in [1.54, 1.807) is 24.3 Å². The first kappa shape index (κ1) is 26.0. The monoisotopic (exact) mass is 494 g/mol. The van der Waals surface area contributed by atoms with Gasteiger partial charge in [-0.15, -0.1) is 0 Å². The van der Waals surface area contributed by atoms with Crippen LogP contribution < -0.4 is 15.4 Å². The molecule has 0 aromatic heterocycles. The molecular formula is C29H38N2O5. The summed E-state index contributed by atoms with van der Waals surface area (Å²) in [7, 11) is 0. The van der Waals surface area contributed by atoms with Crippen LogP contribution in [0.25, 0.3) is 0 Å². The van der Waals surface area contributed by atoms with Crippen LogP contribution in [0.1, 0.15) is 62.7 Å². The van der Waals surface area contributed by atoms with Crippen LogP contribution in [-0.4, -0.2) is 43.6 Å². The van der Waals surface area contributed by atoms with Crippen LogP contribution in [0, 0.1) is 23.7 Å². The van der Waals surface area contributed by atoms with E-state index in [1.807, 2.05) is 13.0 Å². The van der Waals surface area contributed by atoms with Gasteiger partial charge < -0.3 is 20.1 Å². The Kier molecular flexibility index (Phi) is 8.83. The molecule has 0 bridgehead atoms. The van der Waals surface area contributed by atoms with E-state index < -0.39 is 0 Å². The Hall–Kier alpha value is -3.09. The number of amides is 2. The molecule has 2 atom stereocenters. The molecule has 2 unspecified atom stereocenters. The second-order valence-corrected chi connectivity index (χ2v) is 10.1. The quantitative estimate of drug-likeness (QED) is 0.376. The molecule has 0 heterocycles. The molecule has 2 N–H and O–H groups in total. The predicted molar refractivity (Wildman–Crippen MR) is 137 cm³/mol. The second-order valence-electron chi connectivity index (χ2n) is 10.1. The van der Waals surface area contributed by atoms with E-state index in [-0.39, 0.29) is 29.8 Å². The largest absolute Gasteiger partial charge is 0.490 e. The van der Waals surface area contributed by atoms with Crippen LogP contribution >= 0.6 is 0 Å². The Morgan fingerprint density at radius 1 is 0.917 bits per heavy atom. The van der Waals surface area contributed by atoms with E-state index in [0.29, 0.717) is 48.4 Å². The molecule has 194 valence electrons. The van der Waals surface area contributed by atoms with E-state index >= 15 is 0 Å². The first-order valence-corrected chi connectivity index (χ1v) is 13.3. The number of hydrogen-bond acceptors (Lipinski definition) is 5. The third-order valence-corrected chi connectivity index (χ3v) is 7.39. The van der Waals surface area contributed by atoms with Crippen molar-refractivity contribution >= 4 is 17.8 Å². The van der Waals surface area contributed by atoms with E-state index in [4.69, 9.17) is 9.47 Å². The molecular weight excluding hydrogens is 456 g/mol. The smallest absolute Gasteiger partial charge is 0.308 e. The van der Waals surface area contributed by atoms with Gasteiger partial charge in [-0.1, -0.05) is 25.2 Å². The summed E-state index contributed by atoms with van der Waals surface area (Å²) in [5.41, 5.74) is 1.24. The van der Waals surface area contributed by atoms with Crippen molar-refractivity contribution in [2.45, 2.75) is 58.5 Å². The maximum Gasteiger partial charge on any atom is 0.308 e. The molecule has 2 amide bonds. The normalized spacial score (nSPS) is 25.4. The third kappa shape index (κ3) is 6.99. The lowest BCUT2D eigenvalue weighted by Gasteiger charge is -2.27. The van der Waals surface area contributed by atoms with E-state index in [1.165, 1.54) is 12.8 Å². The van der Waals surface area contributed by atoms with Gasteiger partial charge >= 0.3 is 5.97 Å². The zero-order chi connectivity index (χ0) is 25.5. The van der Waals surface area contributed by atoms with Crippen molar-refractivity contribution in [1.82, 2.24) is 10.6 Å². The van der Waals surface area contributed by atoms with Gasteiger partial charge in [0.2, 0.25) is 0 Å². The van der Waals surface area contributed by atoms with Gasteiger partial charge in [0, 0.05) is 24.2 Å². The molecule has 4 rings (SSSR count). The van der Waals surface area contributed by atoms with Gasteiger partial charge in [0.25, 0.3) is 11.8 Å². The third-order valence-electron chi connectivity index (χ3n) is 7.39. The molecule has 2 fully saturated rings. The molecule has 7 nitrogen and oxygen atoms in total. The predicted octanol–water partition coefficient (Wildman–Crippen LogP) is 4.19.